The molecule has 0 amide bonds. The van der Waals surface area contributed by atoms with Gasteiger partial charge in [-0.1, -0.05) is 6.92 Å². The highest BCUT2D eigenvalue weighted by Gasteiger charge is 2.15. The van der Waals surface area contributed by atoms with E-state index in [2.05, 4.69) is 4.98 Å². The summed E-state index contributed by atoms with van der Waals surface area (Å²) in [5.74, 6) is 0.424. The second-order valence-electron chi connectivity index (χ2n) is 3.60. The van der Waals surface area contributed by atoms with E-state index in [1.807, 2.05) is 0 Å². The highest BCUT2D eigenvalue weighted by molar-refractivity contribution is 7.91. The molecule has 0 saturated heterocycles. The molecule has 7 nitrogen and oxygen atoms in total. The molecule has 9 heteroatoms. The van der Waals surface area contributed by atoms with Gasteiger partial charge in [-0.15, -0.1) is 0 Å². The Hall–Kier alpha value is -0.930. The summed E-state index contributed by atoms with van der Waals surface area (Å²) < 4.78 is 46.2. The van der Waals surface area contributed by atoms with Crippen molar-refractivity contribution in [3.63, 3.8) is 0 Å². The Bertz CT molecular complexity index is 601. The molecule has 2 N–H and O–H groups in total. The first-order valence-corrected chi connectivity index (χ1v) is 8.29. The van der Waals surface area contributed by atoms with Crippen molar-refractivity contribution in [2.24, 2.45) is 5.14 Å². The second kappa shape index (κ2) is 4.75. The fourth-order valence-electron chi connectivity index (χ4n) is 1.22. The third-order valence-corrected chi connectivity index (χ3v) is 4.79. The molecule has 17 heavy (non-hydrogen) atoms. The molecule has 0 saturated carbocycles. The van der Waals surface area contributed by atoms with Crippen LogP contribution in [0.2, 0.25) is 0 Å². The molecule has 0 aromatic carbocycles. The van der Waals surface area contributed by atoms with Gasteiger partial charge in [-0.25, -0.2) is 27.0 Å². The third kappa shape index (κ3) is 3.79. The first-order chi connectivity index (χ1) is 7.65. The average molecular weight is 281 g/mol. The van der Waals surface area contributed by atoms with Crippen molar-refractivity contribution < 1.29 is 16.8 Å². The van der Waals surface area contributed by atoms with Gasteiger partial charge in [0.05, 0.1) is 5.75 Å². The Morgan fingerprint density at radius 2 is 1.94 bits per heavy atom. The molecule has 98 valence electrons. The van der Waals surface area contributed by atoms with Crippen LogP contribution >= 0.6 is 0 Å². The molecular formula is C8H15N3O4S2. The monoisotopic (exact) mass is 281 g/mol. The summed E-state index contributed by atoms with van der Waals surface area (Å²) in [6, 6.07) is 0. The van der Waals surface area contributed by atoms with Crippen molar-refractivity contribution >= 4 is 19.9 Å². The quantitative estimate of drug-likeness (QED) is 0.765. The molecule has 1 aromatic heterocycles. The van der Waals surface area contributed by atoms with Gasteiger partial charge in [0.25, 0.3) is 10.0 Å². The molecule has 0 atom stereocenters. The Labute approximate surface area is 101 Å². The van der Waals surface area contributed by atoms with E-state index in [9.17, 15) is 16.8 Å². The molecule has 0 unspecified atom stereocenters. The minimum atomic E-state index is -3.85. The Morgan fingerprint density at radius 3 is 2.35 bits per heavy atom. The van der Waals surface area contributed by atoms with Crippen LogP contribution in [0.5, 0.6) is 0 Å². The lowest BCUT2D eigenvalue weighted by atomic mass is 10.6. The van der Waals surface area contributed by atoms with Crippen molar-refractivity contribution in [1.82, 2.24) is 9.55 Å². The van der Waals surface area contributed by atoms with Crippen molar-refractivity contribution in [2.45, 2.75) is 25.4 Å². The van der Waals surface area contributed by atoms with Crippen molar-refractivity contribution in [1.29, 1.82) is 0 Å². The maximum Gasteiger partial charge on any atom is 0.257 e. The van der Waals surface area contributed by atoms with E-state index in [-0.39, 0.29) is 23.1 Å². The van der Waals surface area contributed by atoms with Gasteiger partial charge in [0.2, 0.25) is 0 Å². The molecule has 0 bridgehead atoms. The second-order valence-corrected chi connectivity index (χ2v) is 7.58. The summed E-state index contributed by atoms with van der Waals surface area (Å²) in [5, 5.41) is 4.68. The van der Waals surface area contributed by atoms with E-state index in [0.717, 1.165) is 0 Å². The number of aromatic nitrogens is 2. The number of imidazole rings is 1. The summed E-state index contributed by atoms with van der Waals surface area (Å²) in [6.45, 7) is 3.32. The minimum absolute atomic E-state index is 0.0508. The lowest BCUT2D eigenvalue weighted by Gasteiger charge is -2.04. The normalized spacial score (nSPS) is 12.9. The van der Waals surface area contributed by atoms with Crippen molar-refractivity contribution in [3.05, 3.63) is 12.0 Å². The molecular weight excluding hydrogens is 266 g/mol. The van der Waals surface area contributed by atoms with Gasteiger partial charge >= 0.3 is 0 Å². The summed E-state index contributed by atoms with van der Waals surface area (Å²) in [7, 11) is -6.94. The van der Waals surface area contributed by atoms with Gasteiger partial charge in [0, 0.05) is 18.5 Å². The summed E-state index contributed by atoms with van der Waals surface area (Å²) >= 11 is 0. The Balaban J connectivity index is 2.91. The zero-order valence-corrected chi connectivity index (χ0v) is 11.3. The minimum Gasteiger partial charge on any atom is -0.333 e. The van der Waals surface area contributed by atoms with Gasteiger partial charge in [-0.05, 0) is 6.92 Å². The van der Waals surface area contributed by atoms with E-state index >= 15 is 0 Å². The topological polar surface area (TPSA) is 112 Å². The highest BCUT2D eigenvalue weighted by atomic mass is 32.2. The SMILES string of the molecule is CCS(=O)(=O)CCn1cc(S(N)(=O)=O)nc1C. The molecule has 1 aromatic rings. The summed E-state index contributed by atoms with van der Waals surface area (Å²) in [6.07, 6.45) is 1.25. The number of hydrogen-bond donors (Lipinski definition) is 1. The maximum atomic E-state index is 11.3. The molecule has 0 spiro atoms. The number of sulfonamides is 1. The number of sulfone groups is 1. The van der Waals surface area contributed by atoms with Crippen LogP contribution in [0.25, 0.3) is 0 Å². The summed E-state index contributed by atoms with van der Waals surface area (Å²) in [5.41, 5.74) is 0. The molecule has 0 radical (unpaired) electrons. The van der Waals surface area contributed by atoms with Gasteiger partial charge in [-0.2, -0.15) is 0 Å². The van der Waals surface area contributed by atoms with Crippen LogP contribution in [0.1, 0.15) is 12.7 Å². The molecule has 0 aliphatic heterocycles. The third-order valence-electron chi connectivity index (χ3n) is 2.33. The van der Waals surface area contributed by atoms with Crippen LogP contribution in [0, 0.1) is 6.92 Å². The van der Waals surface area contributed by atoms with Crippen molar-refractivity contribution in [2.75, 3.05) is 11.5 Å². The lowest BCUT2D eigenvalue weighted by molar-refractivity contribution is 0.588. The van der Waals surface area contributed by atoms with E-state index in [4.69, 9.17) is 5.14 Å². The van der Waals surface area contributed by atoms with Crippen LogP contribution in [-0.4, -0.2) is 37.9 Å². The Morgan fingerprint density at radius 1 is 1.35 bits per heavy atom. The highest BCUT2D eigenvalue weighted by Crippen LogP contribution is 2.07. The first-order valence-electron chi connectivity index (χ1n) is 4.92. The molecule has 0 aliphatic rings. The maximum absolute atomic E-state index is 11.3. The van der Waals surface area contributed by atoms with Crippen LogP contribution in [0.15, 0.2) is 11.2 Å². The number of rotatable bonds is 5. The van der Waals surface area contributed by atoms with E-state index in [1.165, 1.54) is 10.8 Å². The lowest BCUT2D eigenvalue weighted by Crippen LogP contribution is -2.15. The van der Waals surface area contributed by atoms with Crippen LogP contribution in [0.3, 0.4) is 0 Å². The predicted octanol–water partition coefficient (Wildman–Crippen LogP) is -0.726. The largest absolute Gasteiger partial charge is 0.333 e. The molecule has 0 aliphatic carbocycles. The van der Waals surface area contributed by atoms with E-state index < -0.39 is 19.9 Å². The fraction of sp³-hybridized carbons (Fsp3) is 0.625. The number of hydrogen-bond acceptors (Lipinski definition) is 5. The molecule has 0 fully saturated rings. The van der Waals surface area contributed by atoms with Crippen LogP contribution in [0.4, 0.5) is 0 Å². The number of primary sulfonamides is 1. The number of nitrogens with two attached hydrogens (primary N) is 1. The number of nitrogens with zero attached hydrogens (tertiary/aromatic N) is 2. The fourth-order valence-corrected chi connectivity index (χ4v) is 2.52. The van der Waals surface area contributed by atoms with E-state index in [1.54, 1.807) is 13.8 Å². The van der Waals surface area contributed by atoms with E-state index in [0.29, 0.717) is 5.82 Å². The Kier molecular flexibility index (Phi) is 3.95. The van der Waals surface area contributed by atoms with Gasteiger partial charge < -0.3 is 4.57 Å². The molecule has 1 heterocycles. The average Bonchev–Trinajstić information content (AvgIpc) is 2.57. The molecule has 1 rings (SSSR count). The van der Waals surface area contributed by atoms with Gasteiger partial charge in [0.1, 0.15) is 5.82 Å². The summed E-state index contributed by atoms with van der Waals surface area (Å²) in [4.78, 5) is 3.76. The van der Waals surface area contributed by atoms with Gasteiger partial charge in [0.15, 0.2) is 14.9 Å². The first kappa shape index (κ1) is 14.1. The predicted molar refractivity (Wildman–Crippen MR) is 62.7 cm³/mol. The number of aryl methyl sites for hydroxylation is 2. The zero-order chi connectivity index (χ0) is 13.3. The van der Waals surface area contributed by atoms with Crippen LogP contribution in [-0.2, 0) is 26.4 Å². The van der Waals surface area contributed by atoms with Crippen molar-refractivity contribution in [3.8, 4) is 0 Å². The van der Waals surface area contributed by atoms with Gasteiger partial charge in [-0.3, -0.25) is 0 Å². The van der Waals surface area contributed by atoms with Crippen LogP contribution < -0.4 is 5.14 Å². The smallest absolute Gasteiger partial charge is 0.257 e. The zero-order valence-electron chi connectivity index (χ0n) is 9.62. The standard InChI is InChI=1S/C8H15N3O4S2/c1-3-16(12,13)5-4-11-6-8(10-7(11)2)17(9,14)15/h6H,3-5H2,1-2H3,(H2,9,14,15).